The third-order valence-corrected chi connectivity index (χ3v) is 2.83. The number of nitrogens with zero attached hydrogens (tertiary/aromatic N) is 4. The standard InChI is InChI=1S/C12H7ClN4O2/c13-8-2-3-9(14-5-8)11-16-15-10-4-1-7(12(18)19)6-17(10)11/h1-6H,(H,18,19). The zero-order chi connectivity index (χ0) is 13.4. The van der Waals surface area contributed by atoms with Crippen molar-refractivity contribution in [3.8, 4) is 11.5 Å². The van der Waals surface area contributed by atoms with Gasteiger partial charge in [-0.25, -0.2) is 4.79 Å². The molecule has 0 spiro atoms. The van der Waals surface area contributed by atoms with Gasteiger partial charge < -0.3 is 5.11 Å². The topological polar surface area (TPSA) is 80.4 Å². The van der Waals surface area contributed by atoms with Crippen LogP contribution in [0.1, 0.15) is 10.4 Å². The molecule has 0 saturated heterocycles. The second-order valence-corrected chi connectivity index (χ2v) is 4.27. The molecule has 3 aromatic heterocycles. The fraction of sp³-hybridized carbons (Fsp3) is 0. The van der Waals surface area contributed by atoms with Crippen molar-refractivity contribution in [3.05, 3.63) is 47.2 Å². The van der Waals surface area contributed by atoms with Crippen LogP contribution in [0.15, 0.2) is 36.7 Å². The third-order valence-electron chi connectivity index (χ3n) is 2.61. The monoisotopic (exact) mass is 274 g/mol. The van der Waals surface area contributed by atoms with E-state index in [1.54, 1.807) is 22.6 Å². The normalized spacial score (nSPS) is 10.8. The summed E-state index contributed by atoms with van der Waals surface area (Å²) in [4.78, 5) is 15.1. The zero-order valence-electron chi connectivity index (χ0n) is 9.49. The number of aromatic nitrogens is 4. The van der Waals surface area contributed by atoms with Crippen LogP contribution in [0, 0.1) is 0 Å². The Kier molecular flexibility index (Phi) is 2.64. The fourth-order valence-electron chi connectivity index (χ4n) is 1.70. The molecule has 0 bridgehead atoms. The van der Waals surface area contributed by atoms with E-state index >= 15 is 0 Å². The van der Waals surface area contributed by atoms with Crippen LogP contribution in [-0.4, -0.2) is 30.7 Å². The number of aromatic carboxylic acids is 1. The number of hydrogen-bond acceptors (Lipinski definition) is 4. The molecule has 6 nitrogen and oxygen atoms in total. The lowest BCUT2D eigenvalue weighted by Crippen LogP contribution is -2.00. The van der Waals surface area contributed by atoms with Gasteiger partial charge in [-0.05, 0) is 24.3 Å². The van der Waals surface area contributed by atoms with Crippen molar-refractivity contribution < 1.29 is 9.90 Å². The molecule has 0 aliphatic heterocycles. The van der Waals surface area contributed by atoms with Gasteiger partial charge in [0.1, 0.15) is 5.69 Å². The van der Waals surface area contributed by atoms with Crippen LogP contribution in [0.4, 0.5) is 0 Å². The van der Waals surface area contributed by atoms with Crippen molar-refractivity contribution in [2.24, 2.45) is 0 Å². The molecular formula is C12H7ClN4O2. The Hall–Kier alpha value is -2.47. The minimum absolute atomic E-state index is 0.155. The van der Waals surface area contributed by atoms with Gasteiger partial charge in [-0.15, -0.1) is 10.2 Å². The number of fused-ring (bicyclic) bond motifs is 1. The molecule has 1 N–H and O–H groups in total. The van der Waals surface area contributed by atoms with E-state index in [2.05, 4.69) is 15.2 Å². The molecule has 0 aromatic carbocycles. The zero-order valence-corrected chi connectivity index (χ0v) is 10.2. The van der Waals surface area contributed by atoms with Gasteiger partial charge in [0.25, 0.3) is 0 Å². The van der Waals surface area contributed by atoms with Gasteiger partial charge in [0.2, 0.25) is 0 Å². The summed E-state index contributed by atoms with van der Waals surface area (Å²) in [5.74, 6) is -0.541. The lowest BCUT2D eigenvalue weighted by Gasteiger charge is -2.00. The van der Waals surface area contributed by atoms with Gasteiger partial charge in [0, 0.05) is 12.4 Å². The van der Waals surface area contributed by atoms with Crippen molar-refractivity contribution in [1.29, 1.82) is 0 Å². The highest BCUT2D eigenvalue weighted by molar-refractivity contribution is 6.30. The average molecular weight is 275 g/mol. The van der Waals surface area contributed by atoms with Gasteiger partial charge in [0.05, 0.1) is 10.6 Å². The van der Waals surface area contributed by atoms with E-state index in [9.17, 15) is 4.79 Å². The van der Waals surface area contributed by atoms with Gasteiger partial charge in [-0.1, -0.05) is 11.6 Å². The van der Waals surface area contributed by atoms with E-state index in [4.69, 9.17) is 16.7 Å². The number of carboxylic acids is 1. The number of pyridine rings is 2. The molecule has 3 heterocycles. The summed E-state index contributed by atoms with van der Waals surface area (Å²) in [6.45, 7) is 0. The molecule has 0 aliphatic carbocycles. The Morgan fingerprint density at radius 3 is 2.74 bits per heavy atom. The molecule has 19 heavy (non-hydrogen) atoms. The maximum atomic E-state index is 11.0. The van der Waals surface area contributed by atoms with Crippen LogP contribution in [-0.2, 0) is 0 Å². The number of rotatable bonds is 2. The lowest BCUT2D eigenvalue weighted by molar-refractivity contribution is 0.0696. The van der Waals surface area contributed by atoms with Crippen LogP contribution >= 0.6 is 11.6 Å². The highest BCUT2D eigenvalue weighted by Gasteiger charge is 2.11. The minimum Gasteiger partial charge on any atom is -0.478 e. The van der Waals surface area contributed by atoms with Crippen molar-refractivity contribution in [2.75, 3.05) is 0 Å². The first-order valence-corrected chi connectivity index (χ1v) is 5.73. The van der Waals surface area contributed by atoms with E-state index in [1.807, 2.05) is 0 Å². The van der Waals surface area contributed by atoms with Crippen molar-refractivity contribution >= 4 is 23.2 Å². The molecule has 94 valence electrons. The third kappa shape index (κ3) is 2.02. The second-order valence-electron chi connectivity index (χ2n) is 3.84. The van der Waals surface area contributed by atoms with Crippen LogP contribution in [0.3, 0.4) is 0 Å². The molecule has 0 amide bonds. The molecule has 0 fully saturated rings. The molecule has 0 atom stereocenters. The fourth-order valence-corrected chi connectivity index (χ4v) is 1.81. The maximum absolute atomic E-state index is 11.0. The molecule has 7 heteroatoms. The van der Waals surface area contributed by atoms with E-state index in [1.165, 1.54) is 18.5 Å². The molecule has 0 aliphatic rings. The SMILES string of the molecule is O=C(O)c1ccc2nnc(-c3ccc(Cl)cn3)n2c1. The highest BCUT2D eigenvalue weighted by atomic mass is 35.5. The van der Waals surface area contributed by atoms with E-state index < -0.39 is 5.97 Å². The number of carboxylic acid groups (broad SMARTS) is 1. The van der Waals surface area contributed by atoms with Crippen LogP contribution in [0.25, 0.3) is 17.2 Å². The Morgan fingerprint density at radius 2 is 2.05 bits per heavy atom. The number of halogens is 1. The Balaban J connectivity index is 2.21. The first-order valence-electron chi connectivity index (χ1n) is 5.35. The van der Waals surface area contributed by atoms with Crippen molar-refractivity contribution in [3.63, 3.8) is 0 Å². The summed E-state index contributed by atoms with van der Waals surface area (Å²) in [6.07, 6.45) is 2.96. The molecule has 0 unspecified atom stereocenters. The van der Waals surface area contributed by atoms with Crippen molar-refractivity contribution in [1.82, 2.24) is 19.6 Å². The Bertz CT molecular complexity index is 767. The van der Waals surface area contributed by atoms with Crippen LogP contribution in [0.5, 0.6) is 0 Å². The molecule has 3 rings (SSSR count). The quantitative estimate of drug-likeness (QED) is 0.774. The summed E-state index contributed by atoms with van der Waals surface area (Å²) in [5, 5.41) is 17.5. The lowest BCUT2D eigenvalue weighted by atomic mass is 10.3. The van der Waals surface area contributed by atoms with Gasteiger partial charge in [-0.2, -0.15) is 0 Å². The van der Waals surface area contributed by atoms with E-state index in [-0.39, 0.29) is 5.56 Å². The summed E-state index contributed by atoms with van der Waals surface area (Å²) >= 11 is 5.78. The van der Waals surface area contributed by atoms with Crippen LogP contribution < -0.4 is 0 Å². The van der Waals surface area contributed by atoms with Gasteiger partial charge in [-0.3, -0.25) is 9.38 Å². The summed E-state index contributed by atoms with van der Waals surface area (Å²) < 4.78 is 1.58. The first-order chi connectivity index (χ1) is 9.15. The largest absolute Gasteiger partial charge is 0.478 e. The minimum atomic E-state index is -1.01. The predicted octanol–water partition coefficient (Wildman–Crippen LogP) is 2.14. The molecule has 3 aromatic rings. The second kappa shape index (κ2) is 4.33. The first kappa shape index (κ1) is 11.6. The van der Waals surface area contributed by atoms with Gasteiger partial charge in [0.15, 0.2) is 11.5 Å². The maximum Gasteiger partial charge on any atom is 0.337 e. The Morgan fingerprint density at radius 1 is 1.21 bits per heavy atom. The smallest absolute Gasteiger partial charge is 0.337 e. The van der Waals surface area contributed by atoms with Crippen molar-refractivity contribution in [2.45, 2.75) is 0 Å². The van der Waals surface area contributed by atoms with Crippen LogP contribution in [0.2, 0.25) is 5.02 Å². The predicted molar refractivity (Wildman–Crippen MR) is 68.2 cm³/mol. The molecule has 0 radical (unpaired) electrons. The number of hydrogen-bond donors (Lipinski definition) is 1. The van der Waals surface area contributed by atoms with E-state index in [0.717, 1.165) is 0 Å². The van der Waals surface area contributed by atoms with E-state index in [0.29, 0.717) is 22.2 Å². The average Bonchev–Trinajstić information content (AvgIpc) is 2.82. The summed E-state index contributed by atoms with van der Waals surface area (Å²) in [6, 6.07) is 6.46. The Labute approximate surface area is 112 Å². The summed E-state index contributed by atoms with van der Waals surface area (Å²) in [5.41, 5.74) is 1.28. The highest BCUT2D eigenvalue weighted by Crippen LogP contribution is 2.18. The summed E-state index contributed by atoms with van der Waals surface area (Å²) in [7, 11) is 0. The molecular weight excluding hydrogens is 268 g/mol. The van der Waals surface area contributed by atoms with Gasteiger partial charge >= 0.3 is 5.97 Å². The number of carbonyl (C=O) groups is 1. The molecule has 0 saturated carbocycles.